The van der Waals surface area contributed by atoms with Gasteiger partial charge in [-0.1, -0.05) is 125 Å². The summed E-state index contributed by atoms with van der Waals surface area (Å²) in [5, 5.41) is 2.42. The number of ketones is 1. The third-order valence-corrected chi connectivity index (χ3v) is 18.2. The summed E-state index contributed by atoms with van der Waals surface area (Å²) in [6.45, 7) is 27.4. The summed E-state index contributed by atoms with van der Waals surface area (Å²) in [6.07, 6.45) is 11.5. The molecule has 2 aliphatic heterocycles. The smallest absolute Gasteiger partial charge is 0.261 e. The molecular weight excluding hydrogens is 775 g/mol. The summed E-state index contributed by atoms with van der Waals surface area (Å²) in [5.74, 6) is -0.812. The molecule has 61 heavy (non-hydrogen) atoms. The molecule has 0 amide bonds. The molecule has 0 N–H and O–H groups in total. The molecule has 0 aliphatic carbocycles. The van der Waals surface area contributed by atoms with Crippen LogP contribution in [0.5, 0.6) is 0 Å². The maximum atomic E-state index is 15.3. The fraction of sp³-hybridized carbons (Fsp3) is 0.585. The van der Waals surface area contributed by atoms with Crippen molar-refractivity contribution >= 4 is 24.5 Å². The Bertz CT molecular complexity index is 1800. The lowest BCUT2D eigenvalue weighted by molar-refractivity contribution is -0.291. The van der Waals surface area contributed by atoms with E-state index in [0.717, 1.165) is 56.2 Å². The second-order valence-corrected chi connectivity index (χ2v) is 23.9. The lowest BCUT2D eigenvalue weighted by Crippen LogP contribution is -2.67. The number of carbonyl (C=O) groups is 1. The van der Waals surface area contributed by atoms with E-state index in [1.807, 2.05) is 32.0 Å². The highest BCUT2D eigenvalue weighted by Gasteiger charge is 2.52. The van der Waals surface area contributed by atoms with Gasteiger partial charge in [-0.05, 0) is 126 Å². The Kier molecular flexibility index (Phi) is 17.5. The minimum Gasteiger partial charge on any atom is -0.401 e. The number of ether oxygens (including phenoxy) is 4. The molecule has 2 saturated heterocycles. The van der Waals surface area contributed by atoms with Crippen molar-refractivity contribution in [1.29, 1.82) is 0 Å². The van der Waals surface area contributed by atoms with E-state index in [4.69, 9.17) is 23.4 Å². The second kappa shape index (κ2) is 21.9. The summed E-state index contributed by atoms with van der Waals surface area (Å²) in [6, 6.07) is 27.6. The number of Topliss-reactive ketones (excluding diaryl/α,β-unsaturated/α-hetero) is 1. The van der Waals surface area contributed by atoms with Crippen molar-refractivity contribution < 1.29 is 28.2 Å². The van der Waals surface area contributed by atoms with Crippen molar-refractivity contribution in [2.75, 3.05) is 13.2 Å². The predicted octanol–water partition coefficient (Wildman–Crippen LogP) is 11.3. The Morgan fingerprint density at radius 3 is 2.15 bits per heavy atom. The Hall–Kier alpha value is -3.24. The highest BCUT2D eigenvalue weighted by atomic mass is 28.4. The first kappa shape index (κ1) is 48.8. The van der Waals surface area contributed by atoms with E-state index in [9.17, 15) is 0 Å². The molecule has 3 aromatic rings. The van der Waals surface area contributed by atoms with E-state index < -0.39 is 19.5 Å². The van der Waals surface area contributed by atoms with Crippen LogP contribution in [0.3, 0.4) is 0 Å². The first-order valence-corrected chi connectivity index (χ1v) is 25.0. The maximum absolute atomic E-state index is 15.3. The van der Waals surface area contributed by atoms with Crippen LogP contribution in [0.4, 0.5) is 0 Å². The van der Waals surface area contributed by atoms with Crippen molar-refractivity contribution in [2.24, 2.45) is 17.3 Å². The topological polar surface area (TPSA) is 76.1 Å². The monoisotopic (exact) mass is 852 g/mol. The van der Waals surface area contributed by atoms with Gasteiger partial charge in [0.2, 0.25) is 0 Å². The standard InChI is InChI=1S/C53H77NO6Si/c1-12-45(50(55)53(11,38-42-26-19-21-35-54-42)47-34-37-57-52(9,10)59-47)49(58-48-31-20-22-36-56-48)41(5)25-23-24-40(4)32-33-46(39(2)3)60-61(51(6,7)8,43-27-15-13-16-28-43)44-29-17-14-18-30-44/h13-19,21,26-30,32,35,41,45-49H,2,12,20,22-25,31,33-34,36-38H2,1,3-11H3/t41-,45?,46-,47-,48?,49-,53?/m0/s1. The number of carbonyl (C=O) groups excluding carboxylic acids is 1. The number of benzene rings is 2. The van der Waals surface area contributed by atoms with Gasteiger partial charge in [-0.15, -0.1) is 0 Å². The molecule has 334 valence electrons. The first-order valence-electron chi connectivity index (χ1n) is 23.1. The third-order valence-electron chi connectivity index (χ3n) is 13.2. The summed E-state index contributed by atoms with van der Waals surface area (Å²) >= 11 is 0. The highest BCUT2D eigenvalue weighted by Crippen LogP contribution is 2.43. The molecule has 0 radical (unpaired) electrons. The van der Waals surface area contributed by atoms with Crippen molar-refractivity contribution in [1.82, 2.24) is 4.98 Å². The molecule has 1 aromatic heterocycles. The van der Waals surface area contributed by atoms with Crippen molar-refractivity contribution in [2.45, 2.75) is 169 Å². The number of aromatic nitrogens is 1. The van der Waals surface area contributed by atoms with Crippen LogP contribution in [0.1, 0.15) is 133 Å². The zero-order chi connectivity index (χ0) is 44.3. The number of rotatable bonds is 21. The molecule has 0 saturated carbocycles. The van der Waals surface area contributed by atoms with Gasteiger partial charge in [0.25, 0.3) is 8.32 Å². The normalized spacial score (nSPS) is 21.8. The van der Waals surface area contributed by atoms with Crippen LogP contribution in [-0.4, -0.2) is 62.7 Å². The minimum absolute atomic E-state index is 0.123. The van der Waals surface area contributed by atoms with Crippen LogP contribution >= 0.6 is 0 Å². The Morgan fingerprint density at radius 2 is 1.61 bits per heavy atom. The van der Waals surface area contributed by atoms with Crippen molar-refractivity contribution in [3.63, 3.8) is 0 Å². The average Bonchev–Trinajstić information content (AvgIpc) is 3.24. The van der Waals surface area contributed by atoms with E-state index in [1.54, 1.807) is 6.20 Å². The molecule has 3 heterocycles. The molecule has 7 atom stereocenters. The molecular formula is C53H77NO6Si. The Labute approximate surface area is 370 Å². The fourth-order valence-electron chi connectivity index (χ4n) is 9.68. The van der Waals surface area contributed by atoms with Crippen molar-refractivity contribution in [3.8, 4) is 0 Å². The van der Waals surface area contributed by atoms with E-state index in [2.05, 4.69) is 134 Å². The quantitative estimate of drug-likeness (QED) is 0.0780. The van der Waals surface area contributed by atoms with Crippen molar-refractivity contribution in [3.05, 3.63) is 115 Å². The lowest BCUT2D eigenvalue weighted by Gasteiger charge is -2.46. The second-order valence-electron chi connectivity index (χ2n) is 19.6. The van der Waals surface area contributed by atoms with Gasteiger partial charge in [0.1, 0.15) is 5.78 Å². The number of nitrogens with zero attached hydrogens (tertiary/aromatic N) is 1. The minimum atomic E-state index is -2.76. The molecule has 0 bridgehead atoms. The van der Waals surface area contributed by atoms with E-state index in [1.165, 1.54) is 15.9 Å². The summed E-state index contributed by atoms with van der Waals surface area (Å²) in [5.41, 5.74) is 2.43. The van der Waals surface area contributed by atoms with Crippen LogP contribution in [-0.2, 0) is 34.6 Å². The van der Waals surface area contributed by atoms with Gasteiger partial charge in [-0.2, -0.15) is 0 Å². The molecule has 5 rings (SSSR count). The van der Waals surface area contributed by atoms with Crippen LogP contribution in [0.15, 0.2) is 109 Å². The van der Waals surface area contributed by atoms with Gasteiger partial charge in [0.05, 0.1) is 30.3 Å². The molecule has 2 fully saturated rings. The molecule has 7 nitrogen and oxygen atoms in total. The SMILES string of the molecule is C=C(C)[C@H](CC=C(C)CCC[C@H](C)[C@H](OC1CCCCO1)C(CC)C(=O)C(C)(Cc1ccccn1)[C@@H]1CCOC(C)(C)O1)O[Si](c1ccccc1)(c1ccccc1)C(C)(C)C. The van der Waals surface area contributed by atoms with Crippen LogP contribution in [0.25, 0.3) is 0 Å². The average molecular weight is 852 g/mol. The Balaban J connectivity index is 1.34. The van der Waals surface area contributed by atoms with Crippen LogP contribution in [0.2, 0.25) is 5.04 Å². The molecule has 3 unspecified atom stereocenters. The number of hydrogen-bond acceptors (Lipinski definition) is 7. The molecule has 8 heteroatoms. The fourth-order valence-corrected chi connectivity index (χ4v) is 14.4. The van der Waals surface area contributed by atoms with E-state index in [0.29, 0.717) is 32.5 Å². The van der Waals surface area contributed by atoms with Gasteiger partial charge >= 0.3 is 0 Å². The largest absolute Gasteiger partial charge is 0.401 e. The van der Waals surface area contributed by atoms with Crippen LogP contribution < -0.4 is 10.4 Å². The third kappa shape index (κ3) is 12.5. The Morgan fingerprint density at radius 1 is 0.951 bits per heavy atom. The van der Waals surface area contributed by atoms with Gasteiger partial charge in [-0.25, -0.2) is 0 Å². The molecule has 0 spiro atoms. The van der Waals surface area contributed by atoms with Gasteiger partial charge in [-0.3, -0.25) is 9.78 Å². The van der Waals surface area contributed by atoms with E-state index in [-0.39, 0.29) is 47.3 Å². The van der Waals surface area contributed by atoms with Gasteiger partial charge in [0, 0.05) is 30.8 Å². The number of hydrogen-bond donors (Lipinski definition) is 0. The number of pyridine rings is 1. The van der Waals surface area contributed by atoms with E-state index >= 15 is 4.79 Å². The maximum Gasteiger partial charge on any atom is 0.261 e. The highest BCUT2D eigenvalue weighted by molar-refractivity contribution is 6.99. The predicted molar refractivity (Wildman–Crippen MR) is 252 cm³/mol. The first-order chi connectivity index (χ1) is 29.0. The van der Waals surface area contributed by atoms with Gasteiger partial charge in [0.15, 0.2) is 12.1 Å². The van der Waals surface area contributed by atoms with Crippen LogP contribution in [0, 0.1) is 17.3 Å². The lowest BCUT2D eigenvalue weighted by atomic mass is 9.67. The summed E-state index contributed by atoms with van der Waals surface area (Å²) < 4.78 is 33.2. The zero-order valence-electron chi connectivity index (χ0n) is 39.2. The summed E-state index contributed by atoms with van der Waals surface area (Å²) in [4.78, 5) is 20.0. The summed E-state index contributed by atoms with van der Waals surface area (Å²) in [7, 11) is -2.76. The number of allylic oxidation sites excluding steroid dienone is 1. The molecule has 2 aliphatic rings. The molecule has 2 aromatic carbocycles. The zero-order valence-corrected chi connectivity index (χ0v) is 40.2. The van der Waals surface area contributed by atoms with Gasteiger partial charge < -0.3 is 23.4 Å².